The van der Waals surface area contributed by atoms with E-state index in [1.807, 2.05) is 42.5 Å². The van der Waals surface area contributed by atoms with Crippen molar-refractivity contribution in [3.8, 4) is 0 Å². The molecule has 37 heavy (non-hydrogen) atoms. The summed E-state index contributed by atoms with van der Waals surface area (Å²) in [6, 6.07) is 15.9. The molecule has 1 aliphatic carbocycles. The average molecular weight is 507 g/mol. The minimum atomic E-state index is -0.918. The second-order valence-electron chi connectivity index (χ2n) is 9.83. The van der Waals surface area contributed by atoms with Crippen molar-refractivity contribution >= 4 is 12.1 Å². The molecule has 7 heteroatoms. The molecule has 1 N–H and O–H groups in total. The first-order valence-electron chi connectivity index (χ1n) is 13.2. The van der Waals surface area contributed by atoms with Gasteiger partial charge in [-0.25, -0.2) is 8.78 Å². The number of hydrogen-bond acceptors (Lipinski definition) is 3. The molecule has 0 bridgehead atoms. The molecule has 2 aromatic carbocycles. The van der Waals surface area contributed by atoms with Crippen molar-refractivity contribution in [1.82, 2.24) is 14.9 Å². The Morgan fingerprint density at radius 3 is 2.54 bits per heavy atom. The van der Waals surface area contributed by atoms with Gasteiger partial charge in [-0.15, -0.1) is 0 Å². The van der Waals surface area contributed by atoms with Gasteiger partial charge in [0.1, 0.15) is 0 Å². The Morgan fingerprint density at radius 1 is 1.08 bits per heavy atom. The van der Waals surface area contributed by atoms with Crippen LogP contribution in [-0.4, -0.2) is 35.3 Å². The van der Waals surface area contributed by atoms with Gasteiger partial charge in [0, 0.05) is 38.3 Å². The van der Waals surface area contributed by atoms with Gasteiger partial charge in [0.05, 0.1) is 17.5 Å². The van der Waals surface area contributed by atoms with Gasteiger partial charge in [0.15, 0.2) is 11.6 Å². The van der Waals surface area contributed by atoms with Crippen molar-refractivity contribution in [2.45, 2.75) is 64.5 Å². The van der Waals surface area contributed by atoms with Gasteiger partial charge in [0.25, 0.3) is 5.91 Å². The number of unbranched alkanes of at least 4 members (excludes halogenated alkanes) is 1. The topological polar surface area (TPSA) is 49.6 Å². The van der Waals surface area contributed by atoms with E-state index in [0.29, 0.717) is 17.7 Å². The Hall–Kier alpha value is -3.48. The third-order valence-electron chi connectivity index (χ3n) is 7.00. The van der Waals surface area contributed by atoms with E-state index in [2.05, 4.69) is 34.0 Å². The molecule has 4 rings (SSSR count). The minimum absolute atomic E-state index is 0.118. The molecule has 196 valence electrons. The minimum Gasteiger partial charge on any atom is -0.348 e. The fourth-order valence-electron chi connectivity index (χ4n) is 4.98. The highest BCUT2D eigenvalue weighted by molar-refractivity contribution is 5.98. The number of hydrogen-bond donors (Lipinski definition) is 1. The van der Waals surface area contributed by atoms with Crippen molar-refractivity contribution < 1.29 is 13.6 Å². The van der Waals surface area contributed by atoms with E-state index < -0.39 is 11.6 Å². The highest BCUT2D eigenvalue weighted by atomic mass is 19.2. The van der Waals surface area contributed by atoms with Crippen molar-refractivity contribution in [1.29, 1.82) is 0 Å². The van der Waals surface area contributed by atoms with E-state index in [9.17, 15) is 13.6 Å². The van der Waals surface area contributed by atoms with Crippen LogP contribution in [0.1, 0.15) is 84.2 Å². The van der Waals surface area contributed by atoms with Crippen LogP contribution in [0.25, 0.3) is 0 Å². The summed E-state index contributed by atoms with van der Waals surface area (Å²) in [7, 11) is 1.96. The van der Waals surface area contributed by atoms with Crippen molar-refractivity contribution in [3.63, 3.8) is 0 Å². The number of amides is 1. The molecule has 0 atom stereocenters. The number of carbonyl (C=O) groups is 1. The molecule has 1 heterocycles. The van der Waals surface area contributed by atoms with Crippen LogP contribution in [-0.2, 0) is 13.1 Å². The normalized spacial score (nSPS) is 13.9. The van der Waals surface area contributed by atoms with Gasteiger partial charge >= 0.3 is 0 Å². The molecule has 0 unspecified atom stereocenters. The number of hydrazone groups is 1. The molecule has 5 nitrogen and oxygen atoms in total. The van der Waals surface area contributed by atoms with Gasteiger partial charge in [-0.05, 0) is 48.6 Å². The zero-order valence-electron chi connectivity index (χ0n) is 21.7. The maximum atomic E-state index is 13.7. The molecule has 1 saturated carbocycles. The van der Waals surface area contributed by atoms with E-state index >= 15 is 0 Å². The van der Waals surface area contributed by atoms with Gasteiger partial charge in [-0.3, -0.25) is 4.79 Å². The lowest BCUT2D eigenvalue weighted by Crippen LogP contribution is -2.24. The number of halogens is 2. The highest BCUT2D eigenvalue weighted by Crippen LogP contribution is 2.37. The van der Waals surface area contributed by atoms with Crippen LogP contribution in [0.3, 0.4) is 0 Å². The summed E-state index contributed by atoms with van der Waals surface area (Å²) in [4.78, 5) is 13.5. The van der Waals surface area contributed by atoms with Crippen molar-refractivity contribution in [2.24, 2.45) is 5.10 Å². The van der Waals surface area contributed by atoms with E-state index in [0.717, 1.165) is 74.2 Å². The largest absolute Gasteiger partial charge is 0.348 e. The van der Waals surface area contributed by atoms with E-state index in [-0.39, 0.29) is 18.4 Å². The number of aromatic nitrogens is 1. The van der Waals surface area contributed by atoms with Gasteiger partial charge < -0.3 is 14.9 Å². The monoisotopic (exact) mass is 506 g/mol. The fourth-order valence-corrected chi connectivity index (χ4v) is 4.98. The first-order valence-corrected chi connectivity index (χ1v) is 13.2. The lowest BCUT2D eigenvalue weighted by atomic mass is 9.99. The predicted molar refractivity (Wildman–Crippen MR) is 144 cm³/mol. The van der Waals surface area contributed by atoms with E-state index in [1.54, 1.807) is 0 Å². The Bertz CT molecular complexity index is 1220. The molecular weight excluding hydrogens is 470 g/mol. The number of nitrogens with zero attached hydrogens (tertiary/aromatic N) is 3. The standard InChI is InChI=1S/C30H36F2N4O/c1-3-4-16-35(2)34-20-25-18-26(30(37)33-19-23-14-15-27(31)28(32)17-23)29(24-12-8-9-13-24)36(25)21-22-10-6-5-7-11-22/h5-7,10-11,14-15,17-18,20,24H,3-4,8-9,12-13,16,19,21H2,1-2H3,(H,33,37)/b34-20+. The molecule has 1 amide bonds. The summed E-state index contributed by atoms with van der Waals surface area (Å²) in [5.41, 5.74) is 4.20. The molecule has 0 aliphatic heterocycles. The van der Waals surface area contributed by atoms with Crippen molar-refractivity contribution in [3.05, 3.63) is 94.3 Å². The van der Waals surface area contributed by atoms with Crippen LogP contribution < -0.4 is 5.32 Å². The second-order valence-corrected chi connectivity index (χ2v) is 9.83. The fraction of sp³-hybridized carbons (Fsp3) is 0.400. The summed E-state index contributed by atoms with van der Waals surface area (Å²) in [5.74, 6) is -1.75. The summed E-state index contributed by atoms with van der Waals surface area (Å²) in [5, 5.41) is 9.52. The van der Waals surface area contributed by atoms with Crippen LogP contribution in [0.15, 0.2) is 59.7 Å². The quantitative estimate of drug-likeness (QED) is 0.239. The van der Waals surface area contributed by atoms with E-state index in [1.165, 1.54) is 6.07 Å². The lowest BCUT2D eigenvalue weighted by Gasteiger charge is -2.19. The number of benzene rings is 2. The van der Waals surface area contributed by atoms with Gasteiger partial charge in [-0.2, -0.15) is 5.10 Å². The molecule has 0 spiro atoms. The van der Waals surface area contributed by atoms with Crippen LogP contribution >= 0.6 is 0 Å². The summed E-state index contributed by atoms with van der Waals surface area (Å²) in [6.45, 7) is 3.78. The highest BCUT2D eigenvalue weighted by Gasteiger charge is 2.28. The van der Waals surface area contributed by atoms with Crippen LogP contribution in [0.4, 0.5) is 8.78 Å². The Balaban J connectivity index is 1.68. The number of rotatable bonds is 11. The predicted octanol–water partition coefficient (Wildman–Crippen LogP) is 6.47. The molecule has 1 aromatic heterocycles. The SMILES string of the molecule is CCCCN(C)/N=C/c1cc(C(=O)NCc2ccc(F)c(F)c2)c(C2CCCC2)n1Cc1ccccc1. The Morgan fingerprint density at radius 2 is 1.84 bits per heavy atom. The molecule has 0 saturated heterocycles. The third kappa shape index (κ3) is 6.85. The maximum Gasteiger partial charge on any atom is 0.253 e. The lowest BCUT2D eigenvalue weighted by molar-refractivity contribution is 0.0949. The maximum absolute atomic E-state index is 13.7. The zero-order valence-corrected chi connectivity index (χ0v) is 21.7. The smallest absolute Gasteiger partial charge is 0.253 e. The molecule has 1 fully saturated rings. The van der Waals surface area contributed by atoms with Gasteiger partial charge in [0.2, 0.25) is 0 Å². The van der Waals surface area contributed by atoms with Crippen LogP contribution in [0.2, 0.25) is 0 Å². The Kier molecular flexibility index (Phi) is 9.09. The average Bonchev–Trinajstić information content (AvgIpc) is 3.55. The van der Waals surface area contributed by atoms with Crippen LogP contribution in [0, 0.1) is 11.6 Å². The molecule has 3 aromatic rings. The van der Waals surface area contributed by atoms with E-state index in [4.69, 9.17) is 0 Å². The molecule has 0 radical (unpaired) electrons. The zero-order chi connectivity index (χ0) is 26.2. The second kappa shape index (κ2) is 12.7. The first kappa shape index (κ1) is 26.6. The summed E-state index contributed by atoms with van der Waals surface area (Å²) in [6.07, 6.45) is 8.36. The molecule has 1 aliphatic rings. The van der Waals surface area contributed by atoms with Crippen molar-refractivity contribution in [2.75, 3.05) is 13.6 Å². The third-order valence-corrected chi connectivity index (χ3v) is 7.00. The summed E-state index contributed by atoms with van der Waals surface area (Å²) < 4.78 is 29.2. The Labute approximate surface area is 218 Å². The molecular formula is C30H36F2N4O. The number of carbonyl (C=O) groups excluding carboxylic acids is 1. The summed E-state index contributed by atoms with van der Waals surface area (Å²) >= 11 is 0. The number of nitrogens with one attached hydrogen (secondary N) is 1. The van der Waals surface area contributed by atoms with Gasteiger partial charge in [-0.1, -0.05) is 62.6 Å². The van der Waals surface area contributed by atoms with Crippen LogP contribution in [0.5, 0.6) is 0 Å². The first-order chi connectivity index (χ1) is 18.0.